The highest BCUT2D eigenvalue weighted by molar-refractivity contribution is 6.01. The highest BCUT2D eigenvalue weighted by Crippen LogP contribution is 2.16. The van der Waals surface area contributed by atoms with Crippen molar-refractivity contribution in [1.29, 1.82) is 5.26 Å². The molecule has 0 fully saturated rings. The van der Waals surface area contributed by atoms with Gasteiger partial charge < -0.3 is 14.5 Å². The maximum Gasteiger partial charge on any atom is 0.387 e. The van der Waals surface area contributed by atoms with E-state index in [1.807, 2.05) is 0 Å². The molecule has 118 valence electrons. The Morgan fingerprint density at radius 2 is 2.09 bits per heavy atom. The molecule has 7 heteroatoms. The number of halogens is 2. The summed E-state index contributed by atoms with van der Waals surface area (Å²) in [6, 6.07) is 10.8. The summed E-state index contributed by atoms with van der Waals surface area (Å²) in [7, 11) is 0. The maximum atomic E-state index is 12.1. The first kappa shape index (κ1) is 16.2. The summed E-state index contributed by atoms with van der Waals surface area (Å²) in [5.41, 5.74) is 0.399. The Morgan fingerprint density at radius 3 is 2.65 bits per heavy atom. The van der Waals surface area contributed by atoms with Crippen LogP contribution in [0.1, 0.15) is 11.3 Å². The molecule has 1 N–H and O–H groups in total. The third-order valence-corrected chi connectivity index (χ3v) is 2.78. The number of carbonyl (C=O) groups is 1. The minimum absolute atomic E-state index is 0.00192. The SMILES string of the molecule is N#CC(=Cc1ccc(OC(F)F)cc1)C(=O)NCc1ccco1. The van der Waals surface area contributed by atoms with Crippen LogP contribution < -0.4 is 10.1 Å². The normalized spacial score (nSPS) is 11.1. The second-order valence-corrected chi connectivity index (χ2v) is 4.38. The number of alkyl halides is 2. The quantitative estimate of drug-likeness (QED) is 0.656. The van der Waals surface area contributed by atoms with Gasteiger partial charge in [0.2, 0.25) is 0 Å². The third kappa shape index (κ3) is 4.97. The van der Waals surface area contributed by atoms with Crippen LogP contribution >= 0.6 is 0 Å². The minimum atomic E-state index is -2.90. The molecule has 0 aliphatic rings. The Bertz CT molecular complexity index is 717. The molecular formula is C16H12F2N2O3. The number of rotatable bonds is 6. The highest BCUT2D eigenvalue weighted by atomic mass is 19.3. The number of nitrogens with zero attached hydrogens (tertiary/aromatic N) is 1. The van der Waals surface area contributed by atoms with Gasteiger partial charge in [0, 0.05) is 0 Å². The van der Waals surface area contributed by atoms with Gasteiger partial charge in [0.15, 0.2) is 0 Å². The molecule has 5 nitrogen and oxygen atoms in total. The van der Waals surface area contributed by atoms with Crippen LogP contribution in [0.3, 0.4) is 0 Å². The molecule has 0 aliphatic carbocycles. The number of benzene rings is 1. The van der Waals surface area contributed by atoms with Crippen molar-refractivity contribution < 1.29 is 22.7 Å². The van der Waals surface area contributed by atoms with Crippen LogP contribution in [0.5, 0.6) is 5.75 Å². The van der Waals surface area contributed by atoms with Gasteiger partial charge in [0.05, 0.1) is 12.8 Å². The number of hydrogen-bond acceptors (Lipinski definition) is 4. The van der Waals surface area contributed by atoms with Crippen LogP contribution in [0.25, 0.3) is 6.08 Å². The number of carbonyl (C=O) groups excluding carboxylic acids is 1. The molecule has 1 heterocycles. The van der Waals surface area contributed by atoms with E-state index >= 15 is 0 Å². The van der Waals surface area contributed by atoms with Crippen LogP contribution in [0, 0.1) is 11.3 Å². The lowest BCUT2D eigenvalue weighted by Crippen LogP contribution is -2.23. The zero-order chi connectivity index (χ0) is 16.7. The van der Waals surface area contributed by atoms with Gasteiger partial charge in [0.1, 0.15) is 23.2 Å². The standard InChI is InChI=1S/C16H12F2N2O3/c17-16(18)23-13-5-3-11(4-6-13)8-12(9-19)15(21)20-10-14-2-1-7-22-14/h1-8,16H,10H2,(H,20,21). The van der Waals surface area contributed by atoms with Crippen molar-refractivity contribution in [2.45, 2.75) is 13.2 Å². The zero-order valence-electron chi connectivity index (χ0n) is 11.8. The summed E-state index contributed by atoms with van der Waals surface area (Å²) < 4.78 is 33.4. The second kappa shape index (κ2) is 7.75. The van der Waals surface area contributed by atoms with Crippen LogP contribution in [0.15, 0.2) is 52.7 Å². The maximum absolute atomic E-state index is 12.1. The molecule has 0 spiro atoms. The fourth-order valence-corrected chi connectivity index (χ4v) is 1.74. The monoisotopic (exact) mass is 318 g/mol. The molecule has 0 radical (unpaired) electrons. The van der Waals surface area contributed by atoms with Crippen molar-refractivity contribution in [2.75, 3.05) is 0 Å². The first-order chi connectivity index (χ1) is 11.1. The van der Waals surface area contributed by atoms with E-state index in [-0.39, 0.29) is 17.9 Å². The number of nitriles is 1. The van der Waals surface area contributed by atoms with Crippen molar-refractivity contribution in [3.63, 3.8) is 0 Å². The smallest absolute Gasteiger partial charge is 0.387 e. The lowest BCUT2D eigenvalue weighted by atomic mass is 10.1. The fourth-order valence-electron chi connectivity index (χ4n) is 1.74. The highest BCUT2D eigenvalue weighted by Gasteiger charge is 2.10. The van der Waals surface area contributed by atoms with Gasteiger partial charge in [0.25, 0.3) is 5.91 Å². The number of nitrogens with one attached hydrogen (secondary N) is 1. The molecule has 0 unspecified atom stereocenters. The Morgan fingerprint density at radius 1 is 1.35 bits per heavy atom. The van der Waals surface area contributed by atoms with E-state index in [2.05, 4.69) is 10.1 Å². The third-order valence-electron chi connectivity index (χ3n) is 2.78. The number of amides is 1. The van der Waals surface area contributed by atoms with E-state index in [0.29, 0.717) is 11.3 Å². The first-order valence-electron chi connectivity index (χ1n) is 6.55. The summed E-state index contributed by atoms with van der Waals surface area (Å²) in [5, 5.41) is 11.6. The molecule has 1 amide bonds. The molecule has 0 bridgehead atoms. The summed E-state index contributed by atoms with van der Waals surface area (Å²) >= 11 is 0. The molecule has 1 aromatic carbocycles. The molecule has 1 aromatic heterocycles. The average Bonchev–Trinajstić information content (AvgIpc) is 3.04. The number of ether oxygens (including phenoxy) is 1. The first-order valence-corrected chi connectivity index (χ1v) is 6.55. The summed E-state index contributed by atoms with van der Waals surface area (Å²) in [6.45, 7) is -2.75. The van der Waals surface area contributed by atoms with E-state index in [0.717, 1.165) is 0 Å². The van der Waals surface area contributed by atoms with Crippen LogP contribution in [0.4, 0.5) is 8.78 Å². The van der Waals surface area contributed by atoms with Crippen molar-refractivity contribution in [3.05, 3.63) is 59.6 Å². The predicted octanol–water partition coefficient (Wildman–Crippen LogP) is 3.10. The molecule has 2 rings (SSSR count). The summed E-state index contributed by atoms with van der Waals surface area (Å²) in [6.07, 6.45) is 2.83. The lowest BCUT2D eigenvalue weighted by molar-refractivity contribution is -0.117. The van der Waals surface area contributed by atoms with Gasteiger partial charge in [-0.2, -0.15) is 14.0 Å². The largest absolute Gasteiger partial charge is 0.467 e. The van der Waals surface area contributed by atoms with Crippen molar-refractivity contribution in [2.24, 2.45) is 0 Å². The lowest BCUT2D eigenvalue weighted by Gasteiger charge is -2.05. The van der Waals surface area contributed by atoms with E-state index in [9.17, 15) is 13.6 Å². The van der Waals surface area contributed by atoms with Gasteiger partial charge in [-0.3, -0.25) is 4.79 Å². The summed E-state index contributed by atoms with van der Waals surface area (Å²) in [4.78, 5) is 11.9. The molecule has 23 heavy (non-hydrogen) atoms. The Balaban J connectivity index is 2.02. The molecule has 0 saturated carbocycles. The van der Waals surface area contributed by atoms with Crippen LogP contribution in [-0.4, -0.2) is 12.5 Å². The van der Waals surface area contributed by atoms with E-state index in [1.54, 1.807) is 18.2 Å². The molecule has 0 atom stereocenters. The Labute approximate surface area is 130 Å². The average molecular weight is 318 g/mol. The van der Waals surface area contributed by atoms with Crippen molar-refractivity contribution in [3.8, 4) is 11.8 Å². The Hall–Kier alpha value is -3.14. The molecule has 0 saturated heterocycles. The van der Waals surface area contributed by atoms with Gasteiger partial charge >= 0.3 is 6.61 Å². The van der Waals surface area contributed by atoms with Gasteiger partial charge in [-0.25, -0.2) is 0 Å². The fraction of sp³-hybridized carbons (Fsp3) is 0.125. The molecule has 0 aliphatic heterocycles. The van der Waals surface area contributed by atoms with Gasteiger partial charge in [-0.1, -0.05) is 12.1 Å². The van der Waals surface area contributed by atoms with Crippen molar-refractivity contribution in [1.82, 2.24) is 5.32 Å². The predicted molar refractivity (Wildman–Crippen MR) is 77.2 cm³/mol. The second-order valence-electron chi connectivity index (χ2n) is 4.38. The van der Waals surface area contributed by atoms with Gasteiger partial charge in [-0.15, -0.1) is 0 Å². The number of hydrogen-bond donors (Lipinski definition) is 1. The summed E-state index contributed by atoms with van der Waals surface area (Å²) in [5.74, 6) is -0.00104. The van der Waals surface area contributed by atoms with E-state index in [4.69, 9.17) is 9.68 Å². The van der Waals surface area contributed by atoms with Gasteiger partial charge in [-0.05, 0) is 35.9 Å². The van der Waals surface area contributed by atoms with Crippen molar-refractivity contribution >= 4 is 12.0 Å². The minimum Gasteiger partial charge on any atom is -0.467 e. The van der Waals surface area contributed by atoms with Crippen LogP contribution in [0.2, 0.25) is 0 Å². The van der Waals surface area contributed by atoms with E-state index < -0.39 is 12.5 Å². The number of furan rings is 1. The zero-order valence-corrected chi connectivity index (χ0v) is 11.8. The molecule has 2 aromatic rings. The van der Waals surface area contributed by atoms with E-state index in [1.165, 1.54) is 36.6 Å². The van der Waals surface area contributed by atoms with Crippen LogP contribution in [-0.2, 0) is 11.3 Å². The molecular weight excluding hydrogens is 306 g/mol. The topological polar surface area (TPSA) is 75.3 Å². The Kier molecular flexibility index (Phi) is 5.47.